The van der Waals surface area contributed by atoms with Gasteiger partial charge in [-0.05, 0) is 49.6 Å². The molecule has 0 saturated carbocycles. The summed E-state index contributed by atoms with van der Waals surface area (Å²) in [6.07, 6.45) is 0.816. The number of nitrogens with one attached hydrogen (secondary N) is 1. The minimum Gasteiger partial charge on any atom is -0.497 e. The van der Waals surface area contributed by atoms with E-state index in [0.717, 1.165) is 11.3 Å². The maximum atomic E-state index is 14.0. The first-order valence-electron chi connectivity index (χ1n) is 10.1. The van der Waals surface area contributed by atoms with Crippen LogP contribution < -0.4 is 10.1 Å². The molecule has 1 aliphatic rings. The summed E-state index contributed by atoms with van der Waals surface area (Å²) in [7, 11) is -2.14. The molecule has 1 aliphatic heterocycles. The van der Waals surface area contributed by atoms with Gasteiger partial charge in [0.2, 0.25) is 15.9 Å². The second-order valence-electron chi connectivity index (χ2n) is 7.63. The first kappa shape index (κ1) is 23.5. The molecule has 3 rings (SSSR count). The molecule has 31 heavy (non-hydrogen) atoms. The number of hydrogen-bond donors (Lipinski definition) is 1. The van der Waals surface area contributed by atoms with Gasteiger partial charge in [-0.25, -0.2) is 17.1 Å². The number of piperidine rings is 1. The first-order valence-corrected chi connectivity index (χ1v) is 12.0. The van der Waals surface area contributed by atoms with E-state index in [-0.39, 0.29) is 41.5 Å². The van der Waals surface area contributed by atoms with Crippen LogP contribution >= 0.6 is 11.6 Å². The number of carbonyl (C=O) groups excluding carboxylic acids is 1. The molecule has 168 valence electrons. The molecule has 0 bridgehead atoms. The number of benzene rings is 2. The molecule has 0 radical (unpaired) electrons. The van der Waals surface area contributed by atoms with Crippen molar-refractivity contribution in [3.05, 3.63) is 64.4 Å². The van der Waals surface area contributed by atoms with Crippen LogP contribution in [0.4, 0.5) is 4.39 Å². The zero-order valence-corrected chi connectivity index (χ0v) is 19.0. The van der Waals surface area contributed by atoms with Gasteiger partial charge in [0.05, 0.1) is 18.9 Å². The summed E-state index contributed by atoms with van der Waals surface area (Å²) in [6.45, 7) is 2.32. The molecule has 2 aromatic rings. The fraction of sp³-hybridized carbons (Fsp3) is 0.409. The smallest absolute Gasteiger partial charge is 0.223 e. The van der Waals surface area contributed by atoms with Crippen LogP contribution in [0.2, 0.25) is 5.02 Å². The maximum Gasteiger partial charge on any atom is 0.223 e. The third-order valence-corrected chi connectivity index (χ3v) is 7.74. The highest BCUT2D eigenvalue weighted by atomic mass is 35.5. The van der Waals surface area contributed by atoms with E-state index in [1.54, 1.807) is 7.11 Å². The van der Waals surface area contributed by atoms with E-state index in [0.29, 0.717) is 12.8 Å². The van der Waals surface area contributed by atoms with Gasteiger partial charge in [0.15, 0.2) is 0 Å². The third kappa shape index (κ3) is 5.75. The predicted octanol–water partition coefficient (Wildman–Crippen LogP) is 3.91. The molecule has 1 heterocycles. The number of hydrogen-bond acceptors (Lipinski definition) is 4. The Hall–Kier alpha value is -2.16. The summed E-state index contributed by atoms with van der Waals surface area (Å²) in [5.74, 6) is -0.767. The highest BCUT2D eigenvalue weighted by molar-refractivity contribution is 7.88. The highest BCUT2D eigenvalue weighted by Gasteiger charge is 2.32. The number of halogens is 2. The zero-order valence-electron chi connectivity index (χ0n) is 17.5. The molecule has 1 saturated heterocycles. The van der Waals surface area contributed by atoms with Crippen LogP contribution in [-0.4, -0.2) is 38.8 Å². The van der Waals surface area contributed by atoms with Crippen molar-refractivity contribution < 1.29 is 22.3 Å². The number of ether oxygens (including phenoxy) is 1. The van der Waals surface area contributed by atoms with E-state index in [4.69, 9.17) is 16.3 Å². The quantitative estimate of drug-likeness (QED) is 0.668. The highest BCUT2D eigenvalue weighted by Crippen LogP contribution is 2.26. The zero-order chi connectivity index (χ0) is 22.6. The van der Waals surface area contributed by atoms with Gasteiger partial charge >= 0.3 is 0 Å². The van der Waals surface area contributed by atoms with Crippen molar-refractivity contribution in [2.24, 2.45) is 5.92 Å². The van der Waals surface area contributed by atoms with Gasteiger partial charge in [0.25, 0.3) is 0 Å². The molecule has 9 heteroatoms. The molecule has 1 N–H and O–H groups in total. The molecule has 1 amide bonds. The second kappa shape index (κ2) is 9.97. The fourth-order valence-corrected chi connectivity index (χ4v) is 5.56. The van der Waals surface area contributed by atoms with Crippen molar-refractivity contribution in [3.63, 3.8) is 0 Å². The molecule has 0 aliphatic carbocycles. The van der Waals surface area contributed by atoms with E-state index in [1.165, 1.54) is 22.5 Å². The largest absolute Gasteiger partial charge is 0.497 e. The minimum absolute atomic E-state index is 0.0302. The summed E-state index contributed by atoms with van der Waals surface area (Å²) < 4.78 is 45.9. The van der Waals surface area contributed by atoms with Crippen LogP contribution in [0.1, 0.15) is 36.9 Å². The Kier molecular flexibility index (Phi) is 7.56. The summed E-state index contributed by atoms with van der Waals surface area (Å²) in [5, 5.41) is 3.09. The SMILES string of the molecule is COc1ccc(C(C)NC(=O)C2CCN(S(=O)(=O)Cc3c(F)cccc3Cl)CC2)cc1. The monoisotopic (exact) mass is 468 g/mol. The average Bonchev–Trinajstić information content (AvgIpc) is 2.76. The predicted molar refractivity (Wildman–Crippen MR) is 118 cm³/mol. The van der Waals surface area contributed by atoms with Gasteiger partial charge in [-0.3, -0.25) is 4.79 Å². The lowest BCUT2D eigenvalue weighted by Gasteiger charge is -2.31. The van der Waals surface area contributed by atoms with E-state index >= 15 is 0 Å². The summed E-state index contributed by atoms with van der Waals surface area (Å²) in [5.41, 5.74) is 0.924. The third-order valence-electron chi connectivity index (χ3n) is 5.58. The van der Waals surface area contributed by atoms with Crippen molar-refractivity contribution in [1.29, 1.82) is 0 Å². The van der Waals surface area contributed by atoms with Gasteiger partial charge in [-0.15, -0.1) is 0 Å². The van der Waals surface area contributed by atoms with Crippen LogP contribution in [0.3, 0.4) is 0 Å². The first-order chi connectivity index (χ1) is 14.7. The summed E-state index contributed by atoms with van der Waals surface area (Å²) in [6, 6.07) is 11.4. The van der Waals surface area contributed by atoms with Crippen LogP contribution in [0.25, 0.3) is 0 Å². The molecule has 1 unspecified atom stereocenters. The Morgan fingerprint density at radius 2 is 1.87 bits per heavy atom. The number of methoxy groups -OCH3 is 1. The van der Waals surface area contributed by atoms with Gasteiger partial charge in [-0.1, -0.05) is 29.8 Å². The van der Waals surface area contributed by atoms with Crippen LogP contribution in [0.5, 0.6) is 5.75 Å². The number of nitrogens with zero attached hydrogens (tertiary/aromatic N) is 1. The lowest BCUT2D eigenvalue weighted by atomic mass is 9.96. The molecule has 2 aromatic carbocycles. The maximum absolute atomic E-state index is 14.0. The normalized spacial score (nSPS) is 16.6. The Morgan fingerprint density at radius 3 is 2.45 bits per heavy atom. The Bertz CT molecular complexity index is 1000. The molecule has 0 spiro atoms. The van der Waals surface area contributed by atoms with Crippen LogP contribution in [0, 0.1) is 11.7 Å². The number of amides is 1. The molecular formula is C22H26ClFN2O4S. The molecule has 0 aromatic heterocycles. The lowest BCUT2D eigenvalue weighted by molar-refractivity contribution is -0.126. The summed E-state index contributed by atoms with van der Waals surface area (Å²) >= 11 is 5.97. The van der Waals surface area contributed by atoms with Gasteiger partial charge in [0.1, 0.15) is 11.6 Å². The molecule has 6 nitrogen and oxygen atoms in total. The van der Waals surface area contributed by atoms with Gasteiger partial charge in [-0.2, -0.15) is 0 Å². The van der Waals surface area contributed by atoms with Crippen LogP contribution in [-0.2, 0) is 20.6 Å². The summed E-state index contributed by atoms with van der Waals surface area (Å²) in [4.78, 5) is 12.7. The van der Waals surface area contributed by atoms with Crippen LogP contribution in [0.15, 0.2) is 42.5 Å². The van der Waals surface area contributed by atoms with E-state index in [1.807, 2.05) is 31.2 Å². The van der Waals surface area contributed by atoms with Gasteiger partial charge in [0, 0.05) is 29.6 Å². The van der Waals surface area contributed by atoms with Crippen molar-refractivity contribution >= 4 is 27.5 Å². The Balaban J connectivity index is 1.56. The fourth-order valence-electron chi connectivity index (χ4n) is 3.65. The lowest BCUT2D eigenvalue weighted by Crippen LogP contribution is -2.43. The molecule has 1 atom stereocenters. The van der Waals surface area contributed by atoms with Crippen molar-refractivity contribution in [2.75, 3.05) is 20.2 Å². The van der Waals surface area contributed by atoms with Gasteiger partial charge < -0.3 is 10.1 Å². The van der Waals surface area contributed by atoms with E-state index in [2.05, 4.69) is 5.32 Å². The van der Waals surface area contributed by atoms with Crippen molar-refractivity contribution in [1.82, 2.24) is 9.62 Å². The second-order valence-corrected chi connectivity index (χ2v) is 10.0. The van der Waals surface area contributed by atoms with Crippen molar-refractivity contribution in [2.45, 2.75) is 31.6 Å². The standard InChI is InChI=1S/C22H26ClFN2O4S/c1-15(16-6-8-18(30-2)9-7-16)25-22(27)17-10-12-26(13-11-17)31(28,29)14-19-20(23)4-3-5-21(19)24/h3-9,15,17H,10-14H2,1-2H3,(H,25,27). The number of sulfonamides is 1. The number of carbonyl (C=O) groups is 1. The Labute approximate surface area is 187 Å². The minimum atomic E-state index is -3.74. The van der Waals surface area contributed by atoms with E-state index < -0.39 is 21.6 Å². The van der Waals surface area contributed by atoms with Crippen molar-refractivity contribution in [3.8, 4) is 5.75 Å². The van der Waals surface area contributed by atoms with E-state index in [9.17, 15) is 17.6 Å². The number of rotatable bonds is 7. The average molecular weight is 469 g/mol. The molecule has 1 fully saturated rings. The Morgan fingerprint density at radius 1 is 1.23 bits per heavy atom. The molecular weight excluding hydrogens is 443 g/mol. The topological polar surface area (TPSA) is 75.7 Å².